The van der Waals surface area contributed by atoms with Gasteiger partial charge in [0.2, 0.25) is 5.88 Å². The molecule has 0 unspecified atom stereocenters. The molecule has 0 aliphatic heterocycles. The van der Waals surface area contributed by atoms with Crippen molar-refractivity contribution in [1.29, 1.82) is 5.26 Å². The van der Waals surface area contributed by atoms with Gasteiger partial charge in [0.05, 0.1) is 5.39 Å². The predicted octanol–water partition coefficient (Wildman–Crippen LogP) is 4.27. The van der Waals surface area contributed by atoms with Gasteiger partial charge in [-0.15, -0.1) is 11.3 Å². The zero-order valence-electron chi connectivity index (χ0n) is 10.3. The van der Waals surface area contributed by atoms with Gasteiger partial charge in [-0.25, -0.2) is 4.98 Å². The quantitative estimate of drug-likeness (QED) is 0.696. The van der Waals surface area contributed by atoms with E-state index in [1.54, 1.807) is 6.20 Å². The number of fused-ring (bicyclic) bond motifs is 1. The van der Waals surface area contributed by atoms with E-state index in [0.717, 1.165) is 15.8 Å². The summed E-state index contributed by atoms with van der Waals surface area (Å²) in [6.45, 7) is 2.03. The van der Waals surface area contributed by atoms with E-state index in [9.17, 15) is 0 Å². The number of rotatable bonds is 2. The minimum atomic E-state index is 0.541. The highest BCUT2D eigenvalue weighted by molar-refractivity contribution is 7.19. The first-order chi connectivity index (χ1) is 9.26. The molecule has 2 heterocycles. The summed E-state index contributed by atoms with van der Waals surface area (Å²) in [5.74, 6) is 1.29. The predicted molar refractivity (Wildman–Crippen MR) is 75.6 cm³/mol. The van der Waals surface area contributed by atoms with Crippen LogP contribution < -0.4 is 4.74 Å². The summed E-state index contributed by atoms with van der Waals surface area (Å²) in [6, 6.07) is 13.7. The molecule has 3 rings (SSSR count). The minimum absolute atomic E-state index is 0.541. The maximum Gasteiger partial charge on any atom is 0.227 e. The van der Waals surface area contributed by atoms with Gasteiger partial charge in [-0.2, -0.15) is 5.26 Å². The Kier molecular flexibility index (Phi) is 2.90. The molecule has 4 heteroatoms. The molecule has 0 radical (unpaired) electrons. The van der Waals surface area contributed by atoms with Crippen molar-refractivity contribution in [2.45, 2.75) is 6.92 Å². The van der Waals surface area contributed by atoms with Gasteiger partial charge in [0, 0.05) is 10.9 Å². The van der Waals surface area contributed by atoms with E-state index in [4.69, 9.17) is 10.00 Å². The number of aryl methyl sites for hydroxylation is 1. The topological polar surface area (TPSA) is 45.9 Å². The summed E-state index contributed by atoms with van der Waals surface area (Å²) in [5.41, 5.74) is 1.18. The van der Waals surface area contributed by atoms with Gasteiger partial charge in [-0.1, -0.05) is 17.7 Å². The van der Waals surface area contributed by atoms with E-state index in [1.165, 1.54) is 16.9 Å². The monoisotopic (exact) mass is 266 g/mol. The Morgan fingerprint density at radius 2 is 2.00 bits per heavy atom. The van der Waals surface area contributed by atoms with Crippen LogP contribution in [0.3, 0.4) is 0 Å². The lowest BCUT2D eigenvalue weighted by molar-refractivity contribution is 0.469. The third-order valence-corrected chi connectivity index (χ3v) is 3.76. The van der Waals surface area contributed by atoms with Crippen molar-refractivity contribution in [2.24, 2.45) is 0 Å². The van der Waals surface area contributed by atoms with Crippen LogP contribution in [0.1, 0.15) is 10.4 Å². The summed E-state index contributed by atoms with van der Waals surface area (Å²) < 4.78 is 6.80. The van der Waals surface area contributed by atoms with Gasteiger partial charge in [-0.3, -0.25) is 0 Å². The Bertz CT molecular complexity index is 769. The van der Waals surface area contributed by atoms with E-state index >= 15 is 0 Å². The molecular weight excluding hydrogens is 256 g/mol. The molecule has 3 nitrogen and oxygen atoms in total. The van der Waals surface area contributed by atoms with E-state index in [-0.39, 0.29) is 0 Å². The second kappa shape index (κ2) is 4.71. The van der Waals surface area contributed by atoms with Gasteiger partial charge in [-0.05, 0) is 31.2 Å². The molecule has 19 heavy (non-hydrogen) atoms. The normalized spacial score (nSPS) is 10.3. The molecule has 0 saturated heterocycles. The minimum Gasteiger partial charge on any atom is -0.438 e. The molecule has 0 aliphatic rings. The van der Waals surface area contributed by atoms with Crippen LogP contribution in [0, 0.1) is 18.3 Å². The maximum absolute atomic E-state index is 8.95. The van der Waals surface area contributed by atoms with Gasteiger partial charge in [0.25, 0.3) is 0 Å². The summed E-state index contributed by atoms with van der Waals surface area (Å²) in [5, 5.41) is 9.83. The fraction of sp³-hybridized carbons (Fsp3) is 0.0667. The number of ether oxygens (including phenoxy) is 1. The fourth-order valence-electron chi connectivity index (χ4n) is 1.79. The molecule has 0 bridgehead atoms. The second-order valence-corrected chi connectivity index (χ2v) is 5.25. The number of benzene rings is 1. The molecule has 0 aliphatic carbocycles. The molecule has 92 valence electrons. The SMILES string of the molecule is Cc1ccc(Oc2nccc3sc(C#N)cc23)cc1. The van der Waals surface area contributed by atoms with Gasteiger partial charge in [0.15, 0.2) is 0 Å². The molecule has 0 N–H and O–H groups in total. The first kappa shape index (κ1) is 11.7. The lowest BCUT2D eigenvalue weighted by Crippen LogP contribution is -1.87. The third kappa shape index (κ3) is 2.28. The van der Waals surface area contributed by atoms with Crippen LogP contribution in [0.5, 0.6) is 11.6 Å². The van der Waals surface area contributed by atoms with Crippen molar-refractivity contribution >= 4 is 21.4 Å². The fourth-order valence-corrected chi connectivity index (χ4v) is 2.64. The molecular formula is C15H10N2OS. The Morgan fingerprint density at radius 1 is 1.21 bits per heavy atom. The number of aromatic nitrogens is 1. The van der Waals surface area contributed by atoms with Crippen LogP contribution in [-0.4, -0.2) is 4.98 Å². The highest BCUT2D eigenvalue weighted by Crippen LogP contribution is 2.33. The summed E-state index contributed by atoms with van der Waals surface area (Å²) in [7, 11) is 0. The maximum atomic E-state index is 8.95. The lowest BCUT2D eigenvalue weighted by atomic mass is 10.2. The highest BCUT2D eigenvalue weighted by Gasteiger charge is 2.09. The van der Waals surface area contributed by atoms with Crippen LogP contribution in [0.4, 0.5) is 0 Å². The van der Waals surface area contributed by atoms with Gasteiger partial charge in [0.1, 0.15) is 16.7 Å². The number of thiophene rings is 1. The Labute approximate surface area is 114 Å². The largest absolute Gasteiger partial charge is 0.438 e. The van der Waals surface area contributed by atoms with Crippen LogP contribution in [0.15, 0.2) is 42.6 Å². The summed E-state index contributed by atoms with van der Waals surface area (Å²) in [6.07, 6.45) is 1.70. The Morgan fingerprint density at radius 3 is 2.74 bits per heavy atom. The van der Waals surface area contributed by atoms with Crippen LogP contribution in [0.2, 0.25) is 0 Å². The smallest absolute Gasteiger partial charge is 0.227 e. The van der Waals surface area contributed by atoms with Crippen LogP contribution in [-0.2, 0) is 0 Å². The number of hydrogen-bond acceptors (Lipinski definition) is 4. The van der Waals surface area contributed by atoms with Crippen molar-refractivity contribution in [3.8, 4) is 17.7 Å². The molecule has 0 spiro atoms. The molecule has 0 amide bonds. The van der Waals surface area contributed by atoms with Crippen molar-refractivity contribution in [3.63, 3.8) is 0 Å². The third-order valence-electron chi connectivity index (χ3n) is 2.75. The van der Waals surface area contributed by atoms with Crippen molar-refractivity contribution < 1.29 is 4.74 Å². The second-order valence-electron chi connectivity index (χ2n) is 4.17. The summed E-state index contributed by atoms with van der Waals surface area (Å²) in [4.78, 5) is 4.91. The average Bonchev–Trinajstić information content (AvgIpc) is 2.85. The first-order valence-corrected chi connectivity index (χ1v) is 6.61. The van der Waals surface area contributed by atoms with Crippen LogP contribution >= 0.6 is 11.3 Å². The number of nitriles is 1. The Balaban J connectivity index is 2.03. The number of hydrogen-bond donors (Lipinski definition) is 0. The molecule has 0 fully saturated rings. The molecule has 0 atom stereocenters. The van der Waals surface area contributed by atoms with Crippen LogP contribution in [0.25, 0.3) is 10.1 Å². The van der Waals surface area contributed by atoms with Crippen molar-refractivity contribution in [2.75, 3.05) is 0 Å². The molecule has 2 aromatic heterocycles. The van der Waals surface area contributed by atoms with E-state index in [0.29, 0.717) is 10.8 Å². The number of pyridine rings is 1. The standard InChI is InChI=1S/C15H10N2OS/c1-10-2-4-11(5-3-10)18-15-13-8-12(9-16)19-14(13)6-7-17-15/h2-8H,1H3. The van der Waals surface area contributed by atoms with E-state index in [1.807, 2.05) is 43.3 Å². The molecule has 0 saturated carbocycles. The van der Waals surface area contributed by atoms with Gasteiger partial charge < -0.3 is 4.74 Å². The van der Waals surface area contributed by atoms with Crippen molar-refractivity contribution in [3.05, 3.63) is 53.0 Å². The molecule has 1 aromatic carbocycles. The average molecular weight is 266 g/mol. The van der Waals surface area contributed by atoms with Gasteiger partial charge >= 0.3 is 0 Å². The van der Waals surface area contributed by atoms with Crippen molar-refractivity contribution in [1.82, 2.24) is 4.98 Å². The number of nitrogens with zero attached hydrogens (tertiary/aromatic N) is 2. The molecule has 3 aromatic rings. The van der Waals surface area contributed by atoms with E-state index < -0.39 is 0 Å². The zero-order valence-corrected chi connectivity index (χ0v) is 11.1. The summed E-state index contributed by atoms with van der Waals surface area (Å²) >= 11 is 1.44. The van der Waals surface area contributed by atoms with E-state index in [2.05, 4.69) is 11.1 Å². The lowest BCUT2D eigenvalue weighted by Gasteiger charge is -2.05. The first-order valence-electron chi connectivity index (χ1n) is 5.79. The zero-order chi connectivity index (χ0) is 13.2. The highest BCUT2D eigenvalue weighted by atomic mass is 32.1. The Hall–Kier alpha value is -2.38.